The normalized spacial score (nSPS) is 11.8. The number of hydrogen-bond donors (Lipinski definition) is 1. The highest BCUT2D eigenvalue weighted by atomic mass is 35.5. The summed E-state index contributed by atoms with van der Waals surface area (Å²) in [6.07, 6.45) is -4.20. The van der Waals surface area contributed by atoms with Gasteiger partial charge in [-0.2, -0.15) is 13.2 Å². The second-order valence-electron chi connectivity index (χ2n) is 6.80. The lowest BCUT2D eigenvalue weighted by Gasteiger charge is -2.25. The smallest absolute Gasteiger partial charge is 0.417 e. The molecular formula is C21H17ClF3N3O4S. The van der Waals surface area contributed by atoms with Crippen LogP contribution in [0, 0.1) is 0 Å². The van der Waals surface area contributed by atoms with Gasteiger partial charge in [-0.25, -0.2) is 22.5 Å². The molecule has 1 aromatic heterocycles. The molecule has 174 valence electrons. The summed E-state index contributed by atoms with van der Waals surface area (Å²) in [5, 5.41) is -0.505. The molecule has 0 aliphatic heterocycles. The van der Waals surface area contributed by atoms with Crippen molar-refractivity contribution >= 4 is 39.1 Å². The summed E-state index contributed by atoms with van der Waals surface area (Å²) in [5.41, 5.74) is 5.59. The lowest BCUT2D eigenvalue weighted by Crippen LogP contribution is -2.32. The molecule has 0 saturated heterocycles. The maximum atomic E-state index is 13.5. The average Bonchev–Trinajstić information content (AvgIpc) is 2.77. The number of nitrogens with zero attached hydrogens (tertiary/aromatic N) is 2. The van der Waals surface area contributed by atoms with Gasteiger partial charge >= 0.3 is 12.1 Å². The molecule has 2 aromatic carbocycles. The summed E-state index contributed by atoms with van der Waals surface area (Å²) in [6.45, 7) is -0.292. The predicted molar refractivity (Wildman–Crippen MR) is 116 cm³/mol. The van der Waals surface area contributed by atoms with Crippen LogP contribution in [0.25, 0.3) is 0 Å². The van der Waals surface area contributed by atoms with Crippen LogP contribution in [0.4, 0.5) is 24.7 Å². The minimum atomic E-state index is -4.71. The van der Waals surface area contributed by atoms with Crippen LogP contribution in [0.2, 0.25) is 5.02 Å². The number of pyridine rings is 1. The fraction of sp³-hybridized carbons (Fsp3) is 0.143. The Morgan fingerprint density at radius 1 is 1.12 bits per heavy atom. The van der Waals surface area contributed by atoms with E-state index in [4.69, 9.17) is 17.3 Å². The maximum Gasteiger partial charge on any atom is 0.417 e. The molecule has 0 spiro atoms. The number of nitrogen functional groups attached to an aromatic ring is 1. The lowest BCUT2D eigenvalue weighted by atomic mass is 10.2. The van der Waals surface area contributed by atoms with Crippen molar-refractivity contribution in [2.75, 3.05) is 17.1 Å². The minimum Gasteiger partial charge on any atom is -0.465 e. The molecular weight excluding hydrogens is 483 g/mol. The number of nitrogens with two attached hydrogens (primary N) is 1. The highest BCUT2D eigenvalue weighted by Gasteiger charge is 2.34. The molecule has 0 atom stereocenters. The Morgan fingerprint density at radius 3 is 2.24 bits per heavy atom. The molecule has 0 aliphatic carbocycles. The van der Waals surface area contributed by atoms with Gasteiger partial charge in [0.25, 0.3) is 10.0 Å². The van der Waals surface area contributed by atoms with E-state index in [1.807, 2.05) is 0 Å². The van der Waals surface area contributed by atoms with Gasteiger partial charge in [-0.1, -0.05) is 23.7 Å². The van der Waals surface area contributed by atoms with Crippen LogP contribution in [-0.4, -0.2) is 26.5 Å². The van der Waals surface area contributed by atoms with E-state index in [2.05, 4.69) is 9.72 Å². The third kappa shape index (κ3) is 5.37. The third-order valence-electron chi connectivity index (χ3n) is 4.55. The molecule has 2 N–H and O–H groups in total. The number of alkyl halides is 3. The van der Waals surface area contributed by atoms with Crippen LogP contribution < -0.4 is 10.0 Å². The number of aromatic nitrogens is 1. The van der Waals surface area contributed by atoms with Gasteiger partial charge in [0.1, 0.15) is 0 Å². The summed E-state index contributed by atoms with van der Waals surface area (Å²) < 4.78 is 71.4. The maximum absolute atomic E-state index is 13.5. The van der Waals surface area contributed by atoms with Crippen LogP contribution in [-0.2, 0) is 27.5 Å². The SMILES string of the molecule is COC(=O)c1ccc(S(=O)(=O)N(Cc2ccc(N)cc2)c2ncc(C(F)(F)F)cc2Cl)cc1. The van der Waals surface area contributed by atoms with E-state index in [0.29, 0.717) is 23.5 Å². The van der Waals surface area contributed by atoms with E-state index < -0.39 is 38.6 Å². The zero-order valence-corrected chi connectivity index (χ0v) is 18.6. The van der Waals surface area contributed by atoms with Crippen molar-refractivity contribution in [1.29, 1.82) is 0 Å². The van der Waals surface area contributed by atoms with E-state index in [0.717, 1.165) is 4.31 Å². The summed E-state index contributed by atoms with van der Waals surface area (Å²) in [7, 11) is -3.18. The molecule has 0 fully saturated rings. The van der Waals surface area contributed by atoms with Crippen LogP contribution in [0.5, 0.6) is 0 Å². The molecule has 7 nitrogen and oxygen atoms in total. The summed E-state index contributed by atoms with van der Waals surface area (Å²) in [6, 6.07) is 11.7. The standard InChI is InChI=1S/C21H17ClF3N3O4S/c1-32-20(29)14-4-8-17(9-5-14)33(30,31)28(12-13-2-6-16(26)7-3-13)19-18(22)10-15(11-27-19)21(23,24)25/h2-11H,12,26H2,1H3. The third-order valence-corrected chi connectivity index (χ3v) is 6.58. The van der Waals surface area contributed by atoms with Gasteiger partial charge in [-0.15, -0.1) is 0 Å². The van der Waals surface area contributed by atoms with E-state index in [9.17, 15) is 26.4 Å². The van der Waals surface area contributed by atoms with Crippen molar-refractivity contribution in [2.45, 2.75) is 17.6 Å². The highest BCUT2D eigenvalue weighted by molar-refractivity contribution is 7.92. The Morgan fingerprint density at radius 2 is 1.73 bits per heavy atom. The Labute approximate surface area is 192 Å². The molecule has 0 bridgehead atoms. The first-order valence-corrected chi connectivity index (χ1v) is 11.0. The van der Waals surface area contributed by atoms with Crippen LogP contribution in [0.3, 0.4) is 0 Å². The number of carbonyl (C=O) groups is 1. The molecule has 12 heteroatoms. The number of carbonyl (C=O) groups excluding carboxylic acids is 1. The quantitative estimate of drug-likeness (QED) is 0.395. The largest absolute Gasteiger partial charge is 0.465 e. The number of benzene rings is 2. The van der Waals surface area contributed by atoms with Crippen molar-refractivity contribution < 1.29 is 31.1 Å². The summed E-state index contributed by atoms with van der Waals surface area (Å²) >= 11 is 6.05. The summed E-state index contributed by atoms with van der Waals surface area (Å²) in [4.78, 5) is 15.1. The first-order chi connectivity index (χ1) is 15.4. The highest BCUT2D eigenvalue weighted by Crippen LogP contribution is 2.36. The van der Waals surface area contributed by atoms with Crippen molar-refractivity contribution in [2.24, 2.45) is 0 Å². The number of anilines is 2. The summed E-state index contributed by atoms with van der Waals surface area (Å²) in [5.74, 6) is -1.05. The molecule has 0 amide bonds. The fourth-order valence-electron chi connectivity index (χ4n) is 2.84. The number of esters is 1. The molecule has 0 aliphatic rings. The Bertz CT molecular complexity index is 1270. The number of ether oxygens (including phenoxy) is 1. The minimum absolute atomic E-state index is 0.118. The van der Waals surface area contributed by atoms with Crippen LogP contribution >= 0.6 is 11.6 Å². The monoisotopic (exact) mass is 499 g/mol. The number of methoxy groups -OCH3 is 1. The van der Waals surface area contributed by atoms with Gasteiger partial charge in [0, 0.05) is 11.9 Å². The number of hydrogen-bond acceptors (Lipinski definition) is 6. The van der Waals surface area contributed by atoms with Gasteiger partial charge in [0.05, 0.1) is 34.7 Å². The molecule has 0 saturated carbocycles. The first-order valence-electron chi connectivity index (χ1n) is 9.22. The van der Waals surface area contributed by atoms with Crippen molar-refractivity contribution in [1.82, 2.24) is 4.98 Å². The average molecular weight is 500 g/mol. The van der Waals surface area contributed by atoms with Crippen molar-refractivity contribution in [3.63, 3.8) is 0 Å². The van der Waals surface area contributed by atoms with Crippen LogP contribution in [0.15, 0.2) is 65.7 Å². The second-order valence-corrected chi connectivity index (χ2v) is 9.07. The Balaban J connectivity index is 2.10. The molecule has 0 radical (unpaired) electrons. The van der Waals surface area contributed by atoms with Gasteiger partial charge in [0.15, 0.2) is 5.82 Å². The molecule has 0 unspecified atom stereocenters. The number of sulfonamides is 1. The topological polar surface area (TPSA) is 103 Å². The second kappa shape index (κ2) is 9.28. The van der Waals surface area contributed by atoms with Crippen molar-refractivity contribution in [3.8, 4) is 0 Å². The van der Waals surface area contributed by atoms with E-state index >= 15 is 0 Å². The molecule has 1 heterocycles. The van der Waals surface area contributed by atoms with Crippen LogP contribution in [0.1, 0.15) is 21.5 Å². The lowest BCUT2D eigenvalue weighted by molar-refractivity contribution is -0.137. The van der Waals surface area contributed by atoms with Gasteiger partial charge in [0.2, 0.25) is 0 Å². The zero-order chi connectivity index (χ0) is 24.4. The van der Waals surface area contributed by atoms with Gasteiger partial charge in [-0.05, 0) is 48.0 Å². The molecule has 33 heavy (non-hydrogen) atoms. The van der Waals surface area contributed by atoms with E-state index in [1.165, 1.54) is 31.4 Å². The van der Waals surface area contributed by atoms with E-state index in [-0.39, 0.29) is 17.0 Å². The number of rotatable bonds is 6. The number of halogens is 4. The predicted octanol–water partition coefficient (Wildman–Crippen LogP) is 4.52. The fourth-order valence-corrected chi connectivity index (χ4v) is 4.59. The zero-order valence-electron chi connectivity index (χ0n) is 17.0. The van der Waals surface area contributed by atoms with Gasteiger partial charge in [-0.3, -0.25) is 0 Å². The van der Waals surface area contributed by atoms with Crippen molar-refractivity contribution in [3.05, 3.63) is 82.5 Å². The molecule has 3 aromatic rings. The van der Waals surface area contributed by atoms with Gasteiger partial charge < -0.3 is 10.5 Å². The Hall–Kier alpha value is -3.31. The Kier molecular flexibility index (Phi) is 6.84. The molecule has 3 rings (SSSR count). The first kappa shape index (κ1) is 24.3. The van der Waals surface area contributed by atoms with E-state index in [1.54, 1.807) is 24.3 Å².